The third-order valence-electron chi connectivity index (χ3n) is 3.05. The van der Waals surface area contributed by atoms with Gasteiger partial charge in [-0.25, -0.2) is 9.59 Å². The van der Waals surface area contributed by atoms with Crippen LogP contribution in [-0.2, 0) is 9.59 Å². The molecule has 1 aromatic rings. The first kappa shape index (κ1) is 15.9. The number of benzene rings is 1. The summed E-state index contributed by atoms with van der Waals surface area (Å²) >= 11 is 5.79. The van der Waals surface area contributed by atoms with Gasteiger partial charge < -0.3 is 19.8 Å². The summed E-state index contributed by atoms with van der Waals surface area (Å²) < 4.78 is 5.67. The van der Waals surface area contributed by atoms with Crippen LogP contribution in [-0.4, -0.2) is 40.1 Å². The lowest BCUT2D eigenvalue weighted by molar-refractivity contribution is -0.136. The number of halogens is 1. The van der Waals surface area contributed by atoms with Crippen LogP contribution in [0.4, 0.5) is 0 Å². The molecule has 0 saturated heterocycles. The molecule has 1 aromatic carbocycles. The summed E-state index contributed by atoms with van der Waals surface area (Å²) in [4.78, 5) is 23.3. The smallest absolute Gasteiger partial charge is 0.352 e. The molecule has 0 bridgehead atoms. The van der Waals surface area contributed by atoms with Crippen LogP contribution in [0.3, 0.4) is 0 Å². The molecule has 0 fully saturated rings. The van der Waals surface area contributed by atoms with Crippen molar-refractivity contribution in [2.24, 2.45) is 0 Å². The first-order chi connectivity index (χ1) is 10.5. The summed E-state index contributed by atoms with van der Waals surface area (Å²) in [6.07, 6.45) is 2.91. The zero-order chi connectivity index (χ0) is 16.1. The zero-order valence-corrected chi connectivity index (χ0v) is 12.3. The molecule has 6 nitrogen and oxygen atoms in total. The molecule has 1 heterocycles. The number of aliphatic carboxylic acids is 2. The fourth-order valence-corrected chi connectivity index (χ4v) is 2.15. The van der Waals surface area contributed by atoms with E-state index < -0.39 is 11.9 Å². The van der Waals surface area contributed by atoms with Gasteiger partial charge in [0.05, 0.1) is 6.08 Å². The van der Waals surface area contributed by atoms with E-state index in [0.717, 1.165) is 0 Å². The van der Waals surface area contributed by atoms with Crippen LogP contribution in [0.1, 0.15) is 6.42 Å². The number of carboxylic acids is 2. The lowest BCUT2D eigenvalue weighted by atomic mass is 10.2. The summed E-state index contributed by atoms with van der Waals surface area (Å²) in [6, 6.07) is 6.90. The Labute approximate surface area is 131 Å². The second-order valence-electron chi connectivity index (χ2n) is 4.60. The number of ether oxygens (including phenoxy) is 1. The highest BCUT2D eigenvalue weighted by Crippen LogP contribution is 2.22. The van der Waals surface area contributed by atoms with E-state index in [2.05, 4.69) is 0 Å². The molecule has 2 rings (SSSR count). The van der Waals surface area contributed by atoms with Gasteiger partial charge in [0.25, 0.3) is 0 Å². The first-order valence-corrected chi connectivity index (χ1v) is 6.89. The molecule has 0 amide bonds. The lowest BCUT2D eigenvalue weighted by Gasteiger charge is -2.28. The number of hydrogen-bond donors (Lipinski definition) is 2. The monoisotopic (exact) mass is 323 g/mol. The molecule has 0 saturated carbocycles. The quantitative estimate of drug-likeness (QED) is 0.809. The SMILES string of the molecule is O=C(O)/C=C(\C(=O)O)N1CC=C(Oc2ccc(Cl)cc2)CC1. The van der Waals surface area contributed by atoms with Crippen molar-refractivity contribution in [3.63, 3.8) is 0 Å². The molecule has 1 aliphatic rings. The zero-order valence-electron chi connectivity index (χ0n) is 11.5. The Hall–Kier alpha value is -2.47. The van der Waals surface area contributed by atoms with E-state index in [1.54, 1.807) is 30.3 Å². The first-order valence-electron chi connectivity index (χ1n) is 6.51. The summed E-state index contributed by atoms with van der Waals surface area (Å²) in [7, 11) is 0. The van der Waals surface area contributed by atoms with Crippen molar-refractivity contribution in [1.82, 2.24) is 4.90 Å². The summed E-state index contributed by atoms with van der Waals surface area (Å²) in [6.45, 7) is 0.638. The fourth-order valence-electron chi connectivity index (χ4n) is 2.02. The molecule has 0 radical (unpaired) electrons. The van der Waals surface area contributed by atoms with E-state index in [4.69, 9.17) is 26.6 Å². The standard InChI is InChI=1S/C15H14ClNO5/c16-10-1-3-11(4-2-10)22-12-5-7-17(8-6-12)13(15(20)21)9-14(18)19/h1-5,9H,6-8H2,(H,18,19)(H,20,21)/b13-9+. The van der Waals surface area contributed by atoms with E-state index in [-0.39, 0.29) is 12.2 Å². The van der Waals surface area contributed by atoms with Gasteiger partial charge in [-0.15, -0.1) is 0 Å². The third-order valence-corrected chi connectivity index (χ3v) is 3.30. The predicted molar refractivity (Wildman–Crippen MR) is 79.7 cm³/mol. The second kappa shape index (κ2) is 7.00. The molecule has 0 unspecified atom stereocenters. The van der Waals surface area contributed by atoms with Crippen molar-refractivity contribution in [3.8, 4) is 5.75 Å². The molecule has 0 aromatic heterocycles. The Kier molecular flexibility index (Phi) is 5.06. The van der Waals surface area contributed by atoms with Gasteiger partial charge in [0, 0.05) is 24.5 Å². The van der Waals surface area contributed by atoms with Crippen LogP contribution in [0.15, 0.2) is 47.9 Å². The highest BCUT2D eigenvalue weighted by molar-refractivity contribution is 6.30. The van der Waals surface area contributed by atoms with E-state index in [1.165, 1.54) is 4.90 Å². The predicted octanol–water partition coefficient (Wildman–Crippen LogP) is 2.36. The molecule has 1 aliphatic heterocycles. The number of carbonyl (C=O) groups is 2. The fraction of sp³-hybridized carbons (Fsp3) is 0.200. The summed E-state index contributed by atoms with van der Waals surface area (Å²) in [5, 5.41) is 18.4. The average Bonchev–Trinajstić information content (AvgIpc) is 2.48. The van der Waals surface area contributed by atoms with Crippen LogP contribution in [0.25, 0.3) is 0 Å². The summed E-state index contributed by atoms with van der Waals surface area (Å²) in [5.74, 6) is -1.20. The van der Waals surface area contributed by atoms with Crippen LogP contribution in [0.5, 0.6) is 5.75 Å². The second-order valence-corrected chi connectivity index (χ2v) is 5.03. The van der Waals surface area contributed by atoms with Gasteiger partial charge in [-0.1, -0.05) is 11.6 Å². The van der Waals surface area contributed by atoms with Gasteiger partial charge in [0.15, 0.2) is 0 Å². The lowest BCUT2D eigenvalue weighted by Crippen LogP contribution is -2.33. The van der Waals surface area contributed by atoms with Crippen molar-refractivity contribution in [2.45, 2.75) is 6.42 Å². The minimum atomic E-state index is -1.29. The Bertz CT molecular complexity index is 636. The maximum atomic E-state index is 11.1. The third kappa shape index (κ3) is 4.26. The van der Waals surface area contributed by atoms with Gasteiger partial charge in [-0.05, 0) is 30.3 Å². The molecular formula is C15H14ClNO5. The van der Waals surface area contributed by atoms with Gasteiger partial charge >= 0.3 is 11.9 Å². The molecule has 22 heavy (non-hydrogen) atoms. The van der Waals surface area contributed by atoms with Gasteiger partial charge in [-0.2, -0.15) is 0 Å². The van der Waals surface area contributed by atoms with Crippen LogP contribution >= 0.6 is 11.6 Å². The van der Waals surface area contributed by atoms with Gasteiger partial charge in [0.2, 0.25) is 0 Å². The Morgan fingerprint density at radius 1 is 1.23 bits per heavy atom. The Balaban J connectivity index is 2.04. The number of nitrogens with zero attached hydrogens (tertiary/aromatic N) is 1. The molecule has 2 N–H and O–H groups in total. The molecule has 0 aliphatic carbocycles. The summed E-state index contributed by atoms with van der Waals surface area (Å²) in [5.41, 5.74) is -0.241. The molecule has 0 atom stereocenters. The number of carboxylic acid groups (broad SMARTS) is 2. The van der Waals surface area contributed by atoms with Gasteiger partial charge in [-0.3, -0.25) is 0 Å². The van der Waals surface area contributed by atoms with Crippen molar-refractivity contribution in [1.29, 1.82) is 0 Å². The molecule has 0 spiro atoms. The minimum Gasteiger partial charge on any atom is -0.478 e. The highest BCUT2D eigenvalue weighted by Gasteiger charge is 2.21. The topological polar surface area (TPSA) is 87.1 Å². The van der Waals surface area contributed by atoms with Crippen LogP contribution < -0.4 is 4.74 Å². The van der Waals surface area contributed by atoms with Crippen molar-refractivity contribution in [3.05, 3.63) is 52.9 Å². The van der Waals surface area contributed by atoms with Gasteiger partial charge in [0.1, 0.15) is 17.2 Å². The van der Waals surface area contributed by atoms with Crippen molar-refractivity contribution < 1.29 is 24.5 Å². The minimum absolute atomic E-state index is 0.241. The van der Waals surface area contributed by atoms with Crippen LogP contribution in [0, 0.1) is 0 Å². The largest absolute Gasteiger partial charge is 0.478 e. The van der Waals surface area contributed by atoms with E-state index in [1.807, 2.05) is 0 Å². The average molecular weight is 324 g/mol. The van der Waals surface area contributed by atoms with Crippen molar-refractivity contribution >= 4 is 23.5 Å². The Morgan fingerprint density at radius 3 is 2.41 bits per heavy atom. The molecular weight excluding hydrogens is 310 g/mol. The number of hydrogen-bond acceptors (Lipinski definition) is 4. The van der Waals surface area contributed by atoms with E-state index >= 15 is 0 Å². The van der Waals surface area contributed by atoms with E-state index in [0.29, 0.717) is 35.6 Å². The highest BCUT2D eigenvalue weighted by atomic mass is 35.5. The number of rotatable bonds is 5. The Morgan fingerprint density at radius 2 is 1.91 bits per heavy atom. The van der Waals surface area contributed by atoms with Crippen LogP contribution in [0.2, 0.25) is 5.02 Å². The van der Waals surface area contributed by atoms with E-state index in [9.17, 15) is 9.59 Å². The normalized spacial score (nSPS) is 15.2. The maximum Gasteiger partial charge on any atom is 0.352 e. The maximum absolute atomic E-state index is 11.1. The molecule has 7 heteroatoms. The molecule has 116 valence electrons. The van der Waals surface area contributed by atoms with Crippen molar-refractivity contribution in [2.75, 3.05) is 13.1 Å².